The molecule has 0 spiro atoms. The van der Waals surface area contributed by atoms with Crippen molar-refractivity contribution in [2.75, 3.05) is 19.6 Å². The van der Waals surface area contributed by atoms with Crippen LogP contribution in [0.1, 0.15) is 53.4 Å². The van der Waals surface area contributed by atoms with Crippen LogP contribution >= 0.6 is 0 Å². The summed E-state index contributed by atoms with van der Waals surface area (Å²) >= 11 is 0. The summed E-state index contributed by atoms with van der Waals surface area (Å²) in [5.41, 5.74) is -0.356. The molecule has 0 saturated carbocycles. The summed E-state index contributed by atoms with van der Waals surface area (Å²) in [5.74, 6) is 0.285. The summed E-state index contributed by atoms with van der Waals surface area (Å²) in [4.78, 5) is 17.2. The number of nitrogens with one attached hydrogen (secondary N) is 1. The summed E-state index contributed by atoms with van der Waals surface area (Å²) in [7, 11) is 0. The fourth-order valence-electron chi connectivity index (χ4n) is 3.33. The van der Waals surface area contributed by atoms with Crippen LogP contribution in [-0.4, -0.2) is 53.1 Å². The van der Waals surface area contributed by atoms with Gasteiger partial charge < -0.3 is 4.90 Å². The highest BCUT2D eigenvalue weighted by Crippen LogP contribution is 2.26. The van der Waals surface area contributed by atoms with Crippen LogP contribution < -0.4 is 5.32 Å². The van der Waals surface area contributed by atoms with E-state index in [1.54, 1.807) is 0 Å². The highest BCUT2D eigenvalue weighted by molar-refractivity contribution is 5.88. The van der Waals surface area contributed by atoms with Gasteiger partial charge in [-0.1, -0.05) is 13.8 Å². The third-order valence-electron chi connectivity index (χ3n) is 4.91. The van der Waals surface area contributed by atoms with Gasteiger partial charge in [0.2, 0.25) is 5.91 Å². The molecule has 0 aromatic carbocycles. The Morgan fingerprint density at radius 3 is 2.53 bits per heavy atom. The Labute approximate surface area is 117 Å². The molecule has 1 N–H and O–H groups in total. The fraction of sp³-hybridized carbons (Fsp3) is 0.933. The molecule has 110 valence electrons. The lowest BCUT2D eigenvalue weighted by Gasteiger charge is -2.31. The van der Waals surface area contributed by atoms with E-state index >= 15 is 0 Å². The van der Waals surface area contributed by atoms with E-state index in [4.69, 9.17) is 0 Å². The van der Waals surface area contributed by atoms with Gasteiger partial charge >= 0.3 is 0 Å². The number of carbonyl (C=O) groups is 1. The zero-order chi connectivity index (χ0) is 14.0. The van der Waals surface area contributed by atoms with Crippen molar-refractivity contribution >= 4 is 5.91 Å². The van der Waals surface area contributed by atoms with Gasteiger partial charge in [0.1, 0.15) is 0 Å². The molecule has 0 aromatic heterocycles. The molecule has 19 heavy (non-hydrogen) atoms. The summed E-state index contributed by atoms with van der Waals surface area (Å²) < 4.78 is 0. The van der Waals surface area contributed by atoms with Crippen molar-refractivity contribution in [2.45, 2.75) is 71.1 Å². The van der Waals surface area contributed by atoms with Crippen LogP contribution in [0.25, 0.3) is 0 Å². The number of hydrogen-bond donors (Lipinski definition) is 1. The molecule has 2 fully saturated rings. The molecule has 2 aliphatic heterocycles. The Morgan fingerprint density at radius 2 is 2.00 bits per heavy atom. The lowest BCUT2D eigenvalue weighted by Crippen LogP contribution is -2.46. The smallest absolute Gasteiger partial charge is 0.243 e. The first-order valence-electron chi connectivity index (χ1n) is 7.84. The van der Waals surface area contributed by atoms with Gasteiger partial charge in [-0.25, -0.2) is 0 Å². The van der Waals surface area contributed by atoms with Crippen LogP contribution in [0.3, 0.4) is 0 Å². The van der Waals surface area contributed by atoms with Crippen molar-refractivity contribution in [1.29, 1.82) is 0 Å². The van der Waals surface area contributed by atoms with Crippen molar-refractivity contribution in [1.82, 2.24) is 15.1 Å². The van der Waals surface area contributed by atoms with Gasteiger partial charge in [-0.05, 0) is 52.6 Å². The summed E-state index contributed by atoms with van der Waals surface area (Å²) in [6, 6.07) is 0.474. The molecule has 2 heterocycles. The second-order valence-corrected chi connectivity index (χ2v) is 6.30. The monoisotopic (exact) mass is 267 g/mol. The zero-order valence-electron chi connectivity index (χ0n) is 12.9. The second-order valence-electron chi connectivity index (χ2n) is 6.30. The molecule has 4 nitrogen and oxygen atoms in total. The number of amides is 1. The number of rotatable bonds is 5. The normalized spacial score (nSPS) is 34.2. The zero-order valence-corrected chi connectivity index (χ0v) is 12.9. The third-order valence-corrected chi connectivity index (χ3v) is 4.91. The van der Waals surface area contributed by atoms with Gasteiger partial charge in [0.05, 0.1) is 11.7 Å². The maximum Gasteiger partial charge on any atom is 0.243 e. The van der Waals surface area contributed by atoms with Crippen molar-refractivity contribution in [3.8, 4) is 0 Å². The molecule has 3 atom stereocenters. The van der Waals surface area contributed by atoms with Crippen LogP contribution in [0.15, 0.2) is 0 Å². The first-order chi connectivity index (χ1) is 9.01. The van der Waals surface area contributed by atoms with Gasteiger partial charge in [0.25, 0.3) is 0 Å². The first-order valence-corrected chi connectivity index (χ1v) is 7.84. The van der Waals surface area contributed by atoms with Gasteiger partial charge in [-0.2, -0.15) is 0 Å². The fourth-order valence-corrected chi connectivity index (χ4v) is 3.33. The molecular formula is C15H29N3O. The molecular weight excluding hydrogens is 238 g/mol. The maximum absolute atomic E-state index is 12.6. The van der Waals surface area contributed by atoms with Crippen molar-refractivity contribution in [3.63, 3.8) is 0 Å². The lowest BCUT2D eigenvalue weighted by molar-refractivity contribution is -0.133. The Kier molecular flexibility index (Phi) is 4.51. The molecule has 3 unspecified atom stereocenters. The summed E-state index contributed by atoms with van der Waals surface area (Å²) in [6.07, 6.45) is 4.66. The average Bonchev–Trinajstić information content (AvgIpc) is 3.01. The van der Waals surface area contributed by atoms with E-state index in [-0.39, 0.29) is 17.6 Å². The van der Waals surface area contributed by atoms with E-state index in [9.17, 15) is 4.79 Å². The molecule has 4 heteroatoms. The molecule has 2 aliphatic rings. The van der Waals surface area contributed by atoms with Gasteiger partial charge in [0.15, 0.2) is 0 Å². The van der Waals surface area contributed by atoms with E-state index in [1.807, 2.05) is 6.92 Å². The minimum atomic E-state index is -0.356. The number of nitrogens with zero attached hydrogens (tertiary/aromatic N) is 2. The van der Waals surface area contributed by atoms with Crippen LogP contribution in [0.2, 0.25) is 0 Å². The van der Waals surface area contributed by atoms with Crippen LogP contribution in [0, 0.1) is 0 Å². The van der Waals surface area contributed by atoms with Crippen LogP contribution in [-0.2, 0) is 4.79 Å². The van der Waals surface area contributed by atoms with Crippen molar-refractivity contribution < 1.29 is 4.79 Å². The quantitative estimate of drug-likeness (QED) is 0.825. The minimum Gasteiger partial charge on any atom is -0.324 e. The van der Waals surface area contributed by atoms with E-state index in [1.165, 1.54) is 25.9 Å². The molecule has 0 radical (unpaired) electrons. The minimum absolute atomic E-state index is 0.211. The first kappa shape index (κ1) is 14.8. The number of likely N-dealkylation sites (tertiary alicyclic amines) is 1. The van der Waals surface area contributed by atoms with Crippen molar-refractivity contribution in [2.24, 2.45) is 0 Å². The average molecular weight is 267 g/mol. The number of hydrogen-bond acceptors (Lipinski definition) is 3. The number of carbonyl (C=O) groups excluding carboxylic acids is 1. The molecule has 2 saturated heterocycles. The largest absolute Gasteiger partial charge is 0.324 e. The predicted molar refractivity (Wildman–Crippen MR) is 77.9 cm³/mol. The van der Waals surface area contributed by atoms with Crippen LogP contribution in [0.5, 0.6) is 0 Å². The van der Waals surface area contributed by atoms with Gasteiger partial charge in [-0.3, -0.25) is 15.0 Å². The highest BCUT2D eigenvalue weighted by Gasteiger charge is 2.46. The van der Waals surface area contributed by atoms with E-state index in [2.05, 4.69) is 35.9 Å². The molecule has 0 aromatic rings. The van der Waals surface area contributed by atoms with Gasteiger partial charge in [-0.15, -0.1) is 0 Å². The Bertz CT molecular complexity index is 327. The van der Waals surface area contributed by atoms with E-state index in [0.717, 1.165) is 19.4 Å². The Morgan fingerprint density at radius 1 is 1.37 bits per heavy atom. The maximum atomic E-state index is 12.6. The SMILES string of the molecule is CCC1NC(C)(CC)C(=O)N1CC(C)N1CCCC1. The van der Waals surface area contributed by atoms with Gasteiger partial charge in [0, 0.05) is 12.6 Å². The predicted octanol–water partition coefficient (Wildman–Crippen LogP) is 1.81. The Hall–Kier alpha value is -0.610. The molecule has 2 rings (SSSR count). The highest BCUT2D eigenvalue weighted by atomic mass is 16.2. The Balaban J connectivity index is 2.03. The molecule has 0 bridgehead atoms. The lowest BCUT2D eigenvalue weighted by atomic mass is 9.99. The van der Waals surface area contributed by atoms with Crippen molar-refractivity contribution in [3.05, 3.63) is 0 Å². The summed E-state index contributed by atoms with van der Waals surface area (Å²) in [6.45, 7) is 11.8. The standard InChI is InChI=1S/C15H29N3O/c1-5-13-16-15(4,6-2)14(19)18(13)11-12(3)17-9-7-8-10-17/h12-13,16H,5-11H2,1-4H3. The van der Waals surface area contributed by atoms with E-state index < -0.39 is 0 Å². The topological polar surface area (TPSA) is 35.6 Å². The molecule has 1 amide bonds. The third kappa shape index (κ3) is 2.79. The van der Waals surface area contributed by atoms with E-state index in [0.29, 0.717) is 6.04 Å². The molecule has 0 aliphatic carbocycles. The second kappa shape index (κ2) is 5.80. The van der Waals surface area contributed by atoms with Crippen LogP contribution in [0.4, 0.5) is 0 Å². The summed E-state index contributed by atoms with van der Waals surface area (Å²) in [5, 5.41) is 3.52.